The number of alkyl halides is 2. The van der Waals surface area contributed by atoms with Crippen molar-refractivity contribution in [3.8, 4) is 0 Å². The van der Waals surface area contributed by atoms with Crippen LogP contribution < -0.4 is 152 Å². The number of rotatable bonds is 30. The largest absolute Gasteiger partial charge is 1.00 e. The van der Waals surface area contributed by atoms with Crippen molar-refractivity contribution in [3.63, 3.8) is 0 Å². The van der Waals surface area contributed by atoms with Crippen molar-refractivity contribution < 1.29 is 67.9 Å². The summed E-state index contributed by atoms with van der Waals surface area (Å²) in [7, 11) is -3.76. The molecule has 0 heterocycles. The van der Waals surface area contributed by atoms with Crippen molar-refractivity contribution in [1.29, 1.82) is 0 Å². The Kier molecular flexibility index (Phi) is 45.3. The number of benzene rings is 15. The molecule has 15 rings (SSSR count). The molecule has 0 fully saturated rings. The van der Waals surface area contributed by atoms with E-state index in [4.69, 9.17) is 0 Å². The van der Waals surface area contributed by atoms with Gasteiger partial charge in [0.05, 0.1) is 30.8 Å². The molecule has 0 bridgehead atoms. The second kappa shape index (κ2) is 54.1. The second-order valence-electron chi connectivity index (χ2n) is 29.6. The minimum atomic E-state index is -1.62. The van der Waals surface area contributed by atoms with Gasteiger partial charge in [-0.2, -0.15) is 0 Å². The van der Waals surface area contributed by atoms with Crippen LogP contribution in [0.1, 0.15) is 65.7 Å². The van der Waals surface area contributed by atoms with Crippen LogP contribution in [0.15, 0.2) is 449 Å². The number of anilines is 1. The van der Waals surface area contributed by atoms with Gasteiger partial charge < -0.3 is 72.8 Å². The molecule has 0 saturated carbocycles. The highest BCUT2D eigenvalue weighted by Gasteiger charge is 2.49. The van der Waals surface area contributed by atoms with E-state index in [1.165, 1.54) is 161 Å². The first-order valence-electron chi connectivity index (χ1n) is 41.8. The molecule has 121 heavy (non-hydrogen) atoms. The summed E-state index contributed by atoms with van der Waals surface area (Å²) < 4.78 is 0. The summed E-state index contributed by atoms with van der Waals surface area (Å²) in [6.45, 7) is 6.88. The Bertz CT molecular complexity index is 4620. The molecular weight excluding hydrogens is 1960 g/mol. The molecule has 0 aliphatic carbocycles. The minimum Gasteiger partial charge on any atom is -1.00 e. The fraction of sp³-hybridized carbons (Fsp3) is 0.174. The average molecular weight is 2080 g/mol. The number of nitrogens with zero attached hydrogens (tertiary/aromatic N) is 1. The summed E-state index contributed by atoms with van der Waals surface area (Å²) in [6, 6.07) is 165. The van der Waals surface area contributed by atoms with Crippen molar-refractivity contribution >= 4 is 153 Å². The molecule has 0 saturated heterocycles. The highest BCUT2D eigenvalue weighted by Crippen LogP contribution is 2.60. The van der Waals surface area contributed by atoms with Gasteiger partial charge in [-0.1, -0.05) is 314 Å². The van der Waals surface area contributed by atoms with Gasteiger partial charge in [0.2, 0.25) is 0 Å². The van der Waals surface area contributed by atoms with E-state index in [1.54, 1.807) is 0 Å². The lowest BCUT2D eigenvalue weighted by atomic mass is 10.3. The van der Waals surface area contributed by atoms with Crippen LogP contribution in [0.3, 0.4) is 0 Å². The first-order valence-corrected chi connectivity index (χ1v) is 53.9. The van der Waals surface area contributed by atoms with Gasteiger partial charge in [-0.25, -0.2) is 0 Å². The van der Waals surface area contributed by atoms with Crippen molar-refractivity contribution in [2.45, 2.75) is 65.7 Å². The SMILES string of the molecule is BrCCCC[P+](c1ccccc1)(c1ccccc1)c1ccccc1.BrCCC[P+](c1ccccc1)(c1ccccc1)c1ccccc1.CCCC[P+](c1ccccc1)(c1ccccc1)c1ccccc1.CCC[P+](c1ccccc1)(c1ccccc1)c1ccc(N(C)C)cc1.CCC[P+](c1ccccc1)(c1ccccc1)c1ccccc1.[Br-].[Br-].[Br-].[Br-]. The minimum absolute atomic E-state index is 0. The predicted octanol–water partition coefficient (Wildman–Crippen LogP) is 11.6. The maximum absolute atomic E-state index is 3.64. The monoisotopic (exact) mass is 2070 g/mol. The van der Waals surface area contributed by atoms with Crippen molar-refractivity contribution in [2.75, 3.05) is 60.5 Å². The molecular formula is C109H117Br6NP5+. The summed E-state index contributed by atoms with van der Waals surface area (Å²) in [6.07, 6.45) is 14.5. The van der Waals surface area contributed by atoms with E-state index in [1.807, 2.05) is 0 Å². The Balaban J connectivity index is 0.000000207. The van der Waals surface area contributed by atoms with E-state index < -0.39 is 36.3 Å². The van der Waals surface area contributed by atoms with E-state index in [2.05, 4.69) is 521 Å². The second-order valence-corrected chi connectivity index (χ2v) is 49.2. The van der Waals surface area contributed by atoms with Gasteiger partial charge in [-0.15, -0.1) is 0 Å². The first kappa shape index (κ1) is 101. The van der Waals surface area contributed by atoms with Crippen LogP contribution in [-0.2, 0) is 0 Å². The molecule has 0 aromatic heterocycles. The Morgan fingerprint density at radius 2 is 0.322 bits per heavy atom. The van der Waals surface area contributed by atoms with Crippen LogP contribution in [-0.4, -0.2) is 55.6 Å². The van der Waals surface area contributed by atoms with Crippen LogP contribution in [0.5, 0.6) is 0 Å². The summed E-state index contributed by atoms with van der Waals surface area (Å²) >= 11 is 7.24. The topological polar surface area (TPSA) is 3.24 Å². The fourth-order valence-electron chi connectivity index (χ4n) is 16.5. The molecule has 0 N–H and O–H groups in total. The van der Waals surface area contributed by atoms with Gasteiger partial charge in [0.15, 0.2) is 0 Å². The molecule has 15 aromatic rings. The molecule has 12 heteroatoms. The summed E-state index contributed by atoms with van der Waals surface area (Å²) in [5.74, 6) is 0. The number of hydrogen-bond donors (Lipinski definition) is 0. The number of hydrogen-bond acceptors (Lipinski definition) is 1. The summed E-state index contributed by atoms with van der Waals surface area (Å²) in [5, 5.41) is 24.3. The van der Waals surface area contributed by atoms with Gasteiger partial charge in [0, 0.05) is 30.4 Å². The van der Waals surface area contributed by atoms with E-state index >= 15 is 0 Å². The van der Waals surface area contributed by atoms with Crippen LogP contribution in [0.25, 0.3) is 0 Å². The first-order chi connectivity index (χ1) is 57.7. The fourth-order valence-corrected chi connectivity index (χ4v) is 39.7. The van der Waals surface area contributed by atoms with Crippen molar-refractivity contribution in [1.82, 2.24) is 0 Å². The zero-order valence-electron chi connectivity index (χ0n) is 70.6. The summed E-state index contributed by atoms with van der Waals surface area (Å²) in [4.78, 5) is 2.16. The predicted molar refractivity (Wildman–Crippen MR) is 541 cm³/mol. The lowest BCUT2D eigenvalue weighted by Crippen LogP contribution is -3.00. The van der Waals surface area contributed by atoms with E-state index in [0.29, 0.717) is 0 Å². The van der Waals surface area contributed by atoms with Gasteiger partial charge in [0.1, 0.15) is 116 Å². The molecule has 0 spiro atoms. The van der Waals surface area contributed by atoms with E-state index in [9.17, 15) is 0 Å². The average Bonchev–Trinajstić information content (AvgIpc) is 0.783. The van der Waals surface area contributed by atoms with Crippen LogP contribution >= 0.6 is 68.2 Å². The molecule has 15 aromatic carbocycles. The number of halogens is 6. The van der Waals surface area contributed by atoms with Gasteiger partial charge in [0.25, 0.3) is 0 Å². The molecule has 0 atom stereocenters. The molecule has 0 aliphatic rings. The van der Waals surface area contributed by atoms with Gasteiger partial charge in [-0.3, -0.25) is 0 Å². The quantitative estimate of drug-likeness (QED) is 0.0246. The van der Waals surface area contributed by atoms with Crippen LogP contribution in [0.4, 0.5) is 5.69 Å². The van der Waals surface area contributed by atoms with E-state index in [-0.39, 0.29) is 67.9 Å². The Hall–Kier alpha value is -6.87. The molecule has 1 nitrogen and oxygen atoms in total. The Labute approximate surface area is 788 Å². The third-order valence-electron chi connectivity index (χ3n) is 22.0. The summed E-state index contributed by atoms with van der Waals surface area (Å²) in [5.41, 5.74) is 1.25. The molecule has 0 radical (unpaired) electrons. The normalized spacial score (nSPS) is 11.0. The van der Waals surface area contributed by atoms with Crippen LogP contribution in [0.2, 0.25) is 0 Å². The van der Waals surface area contributed by atoms with Crippen molar-refractivity contribution in [3.05, 3.63) is 449 Å². The third-order valence-corrected chi connectivity index (χ3v) is 46.0. The molecule has 0 unspecified atom stereocenters. The third kappa shape index (κ3) is 25.7. The standard InChI is InChI=1S/C23H27NP.C22H23BrP.C22H24P.C21H21BrP.C21H22P.4BrH/c1-4-19-25(21-11-7-5-8-12-21,22-13-9-6-10-14-22)23-17-15-20(16-18-23)24(2)3;23-18-10-11-19-24(20-12-4-1-5-13-20,21-14-6-2-7-15-21)22-16-8-3-9-17-22;1-2-3-19-23(20-13-7-4-8-14-20,21-15-9-5-10-16-21)22-17-11-6-12-18-22;22-17-10-18-23(19-11-4-1-5-12-19,20-13-6-2-7-14-20)21-15-8-3-9-16-21;1-2-18-22(19-12-6-3-7-13-19,20-14-8-4-9-15-20)21-16-10-5-11-17-21;;;;/h5-18H,4,19H2,1-3H3;1-9,12-17H,10-11,18-19H2;4-18H,2-3,19H2,1H3;1-9,11-16H,10,17-18H2;3-17H,2,18H2,1H3;4*1H/q5*+1;;;;/p-4. The Morgan fingerprint density at radius 1 is 0.174 bits per heavy atom. The zero-order valence-corrected chi connectivity index (χ0v) is 84.6. The highest BCUT2D eigenvalue weighted by molar-refractivity contribution is 9.09. The van der Waals surface area contributed by atoms with Gasteiger partial charge in [-0.05, 0) is 233 Å². The van der Waals surface area contributed by atoms with Gasteiger partial charge >= 0.3 is 0 Å². The lowest BCUT2D eigenvalue weighted by Gasteiger charge is -2.27. The maximum Gasteiger partial charge on any atom is 0.112 e. The van der Waals surface area contributed by atoms with Crippen molar-refractivity contribution in [2.24, 2.45) is 0 Å². The lowest BCUT2D eigenvalue weighted by molar-refractivity contribution is -0.00100. The highest BCUT2D eigenvalue weighted by atomic mass is 79.9. The maximum atomic E-state index is 3.64. The number of unbranched alkanes of at least 4 members (excludes halogenated alkanes) is 2. The molecule has 624 valence electrons. The molecule has 0 amide bonds. The van der Waals surface area contributed by atoms with Crippen LogP contribution in [0, 0.1) is 0 Å². The zero-order chi connectivity index (χ0) is 81.5. The smallest absolute Gasteiger partial charge is 0.112 e. The van der Waals surface area contributed by atoms with E-state index in [0.717, 1.165) is 10.7 Å². The molecule has 0 aliphatic heterocycles. The Morgan fingerprint density at radius 3 is 0.471 bits per heavy atom.